The average molecular weight is 400 g/mol. The molecular formula is C25H24N2O3. The number of likely N-dealkylation sites (N-methyl/N-ethyl adjacent to an activating group) is 1. The van der Waals surface area contributed by atoms with Crippen molar-refractivity contribution >= 4 is 34.4 Å². The summed E-state index contributed by atoms with van der Waals surface area (Å²) < 4.78 is 5.37. The normalized spacial score (nSPS) is 14.4. The number of benzene rings is 2. The van der Waals surface area contributed by atoms with Crippen molar-refractivity contribution in [1.29, 1.82) is 0 Å². The minimum Gasteiger partial charge on any atom is -0.452 e. The molecule has 1 aromatic heterocycles. The summed E-state index contributed by atoms with van der Waals surface area (Å²) in [7, 11) is 0. The number of aromatic nitrogens is 1. The van der Waals surface area contributed by atoms with Gasteiger partial charge in [0.1, 0.15) is 0 Å². The van der Waals surface area contributed by atoms with Gasteiger partial charge in [-0.15, -0.1) is 0 Å². The Morgan fingerprint density at radius 2 is 1.83 bits per heavy atom. The zero-order valence-corrected chi connectivity index (χ0v) is 17.0. The molecule has 0 aliphatic heterocycles. The lowest BCUT2D eigenvalue weighted by Gasteiger charge is -2.22. The van der Waals surface area contributed by atoms with Gasteiger partial charge in [0.2, 0.25) is 0 Å². The van der Waals surface area contributed by atoms with Gasteiger partial charge in [0.25, 0.3) is 5.91 Å². The first-order chi connectivity index (χ1) is 14.7. The van der Waals surface area contributed by atoms with Gasteiger partial charge in [0.05, 0.1) is 16.8 Å². The number of pyridine rings is 1. The highest BCUT2D eigenvalue weighted by atomic mass is 16.5. The lowest BCUT2D eigenvalue weighted by molar-refractivity contribution is -0.124. The first-order valence-electron chi connectivity index (χ1n) is 10.3. The highest BCUT2D eigenvalue weighted by Crippen LogP contribution is 2.36. The first kappa shape index (κ1) is 19.8. The molecule has 0 unspecified atom stereocenters. The van der Waals surface area contributed by atoms with Crippen LogP contribution >= 0.6 is 0 Å². The summed E-state index contributed by atoms with van der Waals surface area (Å²) in [4.78, 5) is 29.7. The third kappa shape index (κ3) is 4.10. The molecule has 0 spiro atoms. The molecule has 4 rings (SSSR count). The smallest absolute Gasteiger partial charge is 0.339 e. The lowest BCUT2D eigenvalue weighted by Crippen LogP contribution is -2.28. The van der Waals surface area contributed by atoms with Crippen molar-refractivity contribution in [1.82, 2.24) is 10.3 Å². The van der Waals surface area contributed by atoms with Crippen molar-refractivity contribution < 1.29 is 14.3 Å². The number of carbonyl (C=O) groups excluding carboxylic acids is 2. The van der Waals surface area contributed by atoms with E-state index in [9.17, 15) is 9.59 Å². The van der Waals surface area contributed by atoms with Gasteiger partial charge in [-0.25, -0.2) is 9.78 Å². The summed E-state index contributed by atoms with van der Waals surface area (Å²) in [6.07, 6.45) is 4.73. The van der Waals surface area contributed by atoms with Gasteiger partial charge < -0.3 is 10.1 Å². The van der Waals surface area contributed by atoms with Crippen LogP contribution in [0.25, 0.3) is 22.6 Å². The minimum atomic E-state index is -0.475. The summed E-state index contributed by atoms with van der Waals surface area (Å²) >= 11 is 0. The highest BCUT2D eigenvalue weighted by molar-refractivity contribution is 6.07. The monoisotopic (exact) mass is 400 g/mol. The quantitative estimate of drug-likeness (QED) is 0.645. The molecule has 1 amide bonds. The van der Waals surface area contributed by atoms with Crippen LogP contribution in [0, 0.1) is 0 Å². The predicted octanol–water partition coefficient (Wildman–Crippen LogP) is 4.40. The Morgan fingerprint density at radius 1 is 1.07 bits per heavy atom. The van der Waals surface area contributed by atoms with Crippen LogP contribution < -0.4 is 5.32 Å². The first-order valence-corrected chi connectivity index (χ1v) is 10.3. The van der Waals surface area contributed by atoms with Gasteiger partial charge in [0.15, 0.2) is 6.61 Å². The van der Waals surface area contributed by atoms with E-state index < -0.39 is 5.97 Å². The molecule has 1 aliphatic rings. The summed E-state index contributed by atoms with van der Waals surface area (Å²) in [5.41, 5.74) is 5.26. The molecule has 5 heteroatoms. The Kier molecular flexibility index (Phi) is 5.89. The molecule has 3 aromatic rings. The molecule has 0 bridgehead atoms. The number of rotatable bonds is 5. The Labute approximate surface area is 175 Å². The molecule has 0 atom stereocenters. The van der Waals surface area contributed by atoms with Crippen LogP contribution in [-0.4, -0.2) is 30.0 Å². The zero-order chi connectivity index (χ0) is 20.9. The molecule has 1 heterocycles. The molecule has 0 saturated heterocycles. The van der Waals surface area contributed by atoms with Gasteiger partial charge in [-0.1, -0.05) is 48.5 Å². The molecule has 0 radical (unpaired) electrons. The van der Waals surface area contributed by atoms with Crippen LogP contribution in [0.4, 0.5) is 0 Å². The van der Waals surface area contributed by atoms with Crippen LogP contribution in [0.15, 0.2) is 54.6 Å². The summed E-state index contributed by atoms with van der Waals surface area (Å²) in [6.45, 7) is 2.04. The maximum atomic E-state index is 13.1. The molecule has 1 N–H and O–H groups in total. The number of ether oxygens (including phenoxy) is 1. The van der Waals surface area contributed by atoms with Gasteiger partial charge in [-0.2, -0.15) is 0 Å². The average Bonchev–Trinajstić information content (AvgIpc) is 2.77. The number of esters is 1. The fourth-order valence-corrected chi connectivity index (χ4v) is 3.91. The van der Waals surface area contributed by atoms with Crippen LogP contribution in [0.5, 0.6) is 0 Å². The van der Waals surface area contributed by atoms with E-state index in [-0.39, 0.29) is 12.5 Å². The van der Waals surface area contributed by atoms with Crippen molar-refractivity contribution in [3.63, 3.8) is 0 Å². The fraction of sp³-hybridized carbons (Fsp3) is 0.240. The zero-order valence-electron chi connectivity index (χ0n) is 17.0. The number of hydrogen-bond donors (Lipinski definition) is 1. The number of hydrogen-bond acceptors (Lipinski definition) is 4. The SMILES string of the molecule is CCNC(=O)COC(=O)c1c2c(nc3ccccc13)/C(=C/c1ccccc1)CCC2. The van der Waals surface area contributed by atoms with E-state index in [1.54, 1.807) is 0 Å². The van der Waals surface area contributed by atoms with Crippen molar-refractivity contribution in [3.05, 3.63) is 77.0 Å². The van der Waals surface area contributed by atoms with Crippen LogP contribution in [0.3, 0.4) is 0 Å². The second kappa shape index (κ2) is 8.91. The number of fused-ring (bicyclic) bond motifs is 2. The summed E-state index contributed by atoms with van der Waals surface area (Å²) in [5, 5.41) is 3.41. The van der Waals surface area contributed by atoms with Crippen molar-refractivity contribution in [3.8, 4) is 0 Å². The van der Waals surface area contributed by atoms with E-state index in [1.165, 1.54) is 0 Å². The molecule has 1 aliphatic carbocycles. The van der Waals surface area contributed by atoms with Crippen molar-refractivity contribution in [2.45, 2.75) is 26.2 Å². The fourth-order valence-electron chi connectivity index (χ4n) is 3.91. The van der Waals surface area contributed by atoms with Crippen molar-refractivity contribution in [2.75, 3.05) is 13.2 Å². The van der Waals surface area contributed by atoms with E-state index in [4.69, 9.17) is 9.72 Å². The molecule has 0 saturated carbocycles. The molecule has 2 aromatic carbocycles. The van der Waals surface area contributed by atoms with Gasteiger partial charge in [-0.05, 0) is 55.0 Å². The van der Waals surface area contributed by atoms with Gasteiger partial charge in [0, 0.05) is 11.9 Å². The molecule has 5 nitrogen and oxygen atoms in total. The topological polar surface area (TPSA) is 68.3 Å². The maximum Gasteiger partial charge on any atom is 0.339 e. The van der Waals surface area contributed by atoms with E-state index in [0.717, 1.165) is 52.6 Å². The highest BCUT2D eigenvalue weighted by Gasteiger charge is 2.26. The van der Waals surface area contributed by atoms with Crippen molar-refractivity contribution in [2.24, 2.45) is 0 Å². The largest absolute Gasteiger partial charge is 0.452 e. The second-order valence-electron chi connectivity index (χ2n) is 7.29. The van der Waals surface area contributed by atoms with E-state index in [2.05, 4.69) is 23.5 Å². The Bertz CT molecular complexity index is 1120. The number of amides is 1. The number of nitrogens with one attached hydrogen (secondary N) is 1. The van der Waals surface area contributed by atoms with Crippen LogP contribution in [-0.2, 0) is 16.0 Å². The number of nitrogens with zero attached hydrogens (tertiary/aromatic N) is 1. The Morgan fingerprint density at radius 3 is 2.63 bits per heavy atom. The lowest BCUT2D eigenvalue weighted by atomic mass is 9.86. The maximum absolute atomic E-state index is 13.1. The molecular weight excluding hydrogens is 376 g/mol. The van der Waals surface area contributed by atoms with Gasteiger partial charge in [-0.3, -0.25) is 4.79 Å². The van der Waals surface area contributed by atoms with E-state index >= 15 is 0 Å². The van der Waals surface area contributed by atoms with E-state index in [0.29, 0.717) is 12.1 Å². The minimum absolute atomic E-state index is 0.287. The van der Waals surface area contributed by atoms with Gasteiger partial charge >= 0.3 is 5.97 Å². The third-order valence-electron chi connectivity index (χ3n) is 5.22. The second-order valence-corrected chi connectivity index (χ2v) is 7.29. The number of allylic oxidation sites excluding steroid dienone is 1. The van der Waals surface area contributed by atoms with Crippen LogP contribution in [0.2, 0.25) is 0 Å². The standard InChI is InChI=1S/C25H24N2O3/c1-2-26-22(28)16-30-25(29)23-19-12-6-7-14-21(19)27-24-18(11-8-13-20(23)24)15-17-9-4-3-5-10-17/h3-7,9-10,12,14-15H,2,8,11,13,16H2,1H3,(H,26,28)/b18-15+. The number of carbonyl (C=O) groups is 2. The predicted molar refractivity (Wildman–Crippen MR) is 118 cm³/mol. The Hall–Kier alpha value is -3.47. The number of para-hydroxylation sites is 1. The molecule has 152 valence electrons. The Balaban J connectivity index is 1.79. The molecule has 0 fully saturated rings. The van der Waals surface area contributed by atoms with Crippen LogP contribution in [0.1, 0.15) is 46.9 Å². The summed E-state index contributed by atoms with van der Waals surface area (Å²) in [5.74, 6) is -0.778. The summed E-state index contributed by atoms with van der Waals surface area (Å²) in [6, 6.07) is 17.7. The van der Waals surface area contributed by atoms with E-state index in [1.807, 2.05) is 49.4 Å². The third-order valence-corrected chi connectivity index (χ3v) is 5.22. The molecule has 30 heavy (non-hydrogen) atoms.